The van der Waals surface area contributed by atoms with Crippen molar-refractivity contribution in [2.45, 2.75) is 0 Å². The molecule has 0 aromatic carbocycles. The topological polar surface area (TPSA) is 76.0 Å². The number of nitrogens with zero attached hydrogens (tertiary/aromatic N) is 1. The zero-order valence-electron chi connectivity index (χ0n) is 4.48. The Morgan fingerprint density at radius 2 is 2.44 bits per heavy atom. The lowest BCUT2D eigenvalue weighted by atomic mass is 10.8. The Hall–Kier alpha value is -1.39. The maximum absolute atomic E-state index is 9.68. The smallest absolute Gasteiger partial charge is 0.344 e. The molecule has 0 fully saturated rings. The zero-order valence-corrected chi connectivity index (χ0v) is 4.48. The quantitative estimate of drug-likeness (QED) is 0.310. The van der Waals surface area contributed by atoms with E-state index in [1.807, 2.05) is 0 Å². The summed E-state index contributed by atoms with van der Waals surface area (Å²) in [4.78, 5) is 23.2. The Balaban J connectivity index is 3.19. The summed E-state index contributed by atoms with van der Waals surface area (Å²) in [5, 5.41) is 10.9. The summed E-state index contributed by atoms with van der Waals surface area (Å²) in [6.07, 6.45) is 1.21. The highest BCUT2D eigenvalue weighted by molar-refractivity contribution is 6.12. The minimum Gasteiger partial charge on any atom is -0.479 e. The Morgan fingerprint density at radius 3 is 2.89 bits per heavy atom. The SMILES string of the molecule is O=CC=NOCC(=O)O. The number of rotatable bonds is 4. The van der Waals surface area contributed by atoms with Gasteiger partial charge in [0.15, 0.2) is 6.29 Å². The first-order valence-corrected chi connectivity index (χ1v) is 2.08. The van der Waals surface area contributed by atoms with E-state index in [1.54, 1.807) is 0 Å². The van der Waals surface area contributed by atoms with Crippen molar-refractivity contribution in [3.8, 4) is 0 Å². The van der Waals surface area contributed by atoms with Crippen LogP contribution in [-0.2, 0) is 14.4 Å². The van der Waals surface area contributed by atoms with E-state index >= 15 is 0 Å². The van der Waals surface area contributed by atoms with Crippen LogP contribution in [0.25, 0.3) is 0 Å². The first kappa shape index (κ1) is 7.61. The molecule has 0 aliphatic rings. The Morgan fingerprint density at radius 1 is 1.78 bits per heavy atom. The van der Waals surface area contributed by atoms with Crippen molar-refractivity contribution in [1.82, 2.24) is 0 Å². The summed E-state index contributed by atoms with van der Waals surface area (Å²) in [6.45, 7) is -0.523. The van der Waals surface area contributed by atoms with E-state index in [4.69, 9.17) is 5.11 Å². The van der Waals surface area contributed by atoms with Crippen LogP contribution in [0.15, 0.2) is 5.16 Å². The molecule has 0 rings (SSSR count). The van der Waals surface area contributed by atoms with Crippen LogP contribution in [0.5, 0.6) is 0 Å². The first-order valence-electron chi connectivity index (χ1n) is 2.08. The van der Waals surface area contributed by atoms with Crippen molar-refractivity contribution in [3.63, 3.8) is 0 Å². The molecule has 0 atom stereocenters. The Labute approximate surface area is 50.9 Å². The third kappa shape index (κ3) is 6.61. The van der Waals surface area contributed by atoms with Gasteiger partial charge in [0.25, 0.3) is 0 Å². The number of carbonyl (C=O) groups is 2. The van der Waals surface area contributed by atoms with E-state index in [-0.39, 0.29) is 0 Å². The average molecular weight is 131 g/mol. The number of carboxylic acids is 1. The standard InChI is InChI=1S/C4H5NO4/c6-2-1-5-9-3-4(7)8/h1-2H,3H2,(H,7,8). The molecule has 0 aliphatic heterocycles. The predicted molar refractivity (Wildman–Crippen MR) is 28.1 cm³/mol. The second-order valence-electron chi connectivity index (χ2n) is 1.06. The Kier molecular flexibility index (Phi) is 4.03. The highest BCUT2D eigenvalue weighted by Crippen LogP contribution is 1.71. The Bertz CT molecular complexity index is 131. The molecule has 0 saturated heterocycles. The summed E-state index contributed by atoms with van der Waals surface area (Å²) in [7, 11) is 0. The van der Waals surface area contributed by atoms with Gasteiger partial charge in [-0.3, -0.25) is 4.79 Å². The van der Waals surface area contributed by atoms with Crippen molar-refractivity contribution in [3.05, 3.63) is 0 Å². The fourth-order valence-corrected chi connectivity index (χ4v) is 0.160. The van der Waals surface area contributed by atoms with Crippen molar-refractivity contribution in [2.75, 3.05) is 6.61 Å². The number of oxime groups is 1. The number of carboxylic acid groups (broad SMARTS) is 1. The lowest BCUT2D eigenvalue weighted by Gasteiger charge is -1.88. The molecule has 0 aromatic rings. The van der Waals surface area contributed by atoms with Gasteiger partial charge < -0.3 is 9.94 Å². The van der Waals surface area contributed by atoms with Crippen LogP contribution >= 0.6 is 0 Å². The van der Waals surface area contributed by atoms with Gasteiger partial charge in [0.1, 0.15) is 6.21 Å². The van der Waals surface area contributed by atoms with Gasteiger partial charge in [0.2, 0.25) is 6.61 Å². The molecule has 0 radical (unpaired) electrons. The third-order valence-corrected chi connectivity index (χ3v) is 0.384. The summed E-state index contributed by atoms with van der Waals surface area (Å²) in [5.41, 5.74) is 0. The maximum atomic E-state index is 9.68. The molecule has 5 nitrogen and oxygen atoms in total. The molecule has 0 saturated carbocycles. The number of hydrogen-bond donors (Lipinski definition) is 1. The largest absolute Gasteiger partial charge is 0.479 e. The van der Waals surface area contributed by atoms with Crippen molar-refractivity contribution in [2.24, 2.45) is 5.16 Å². The number of aliphatic carboxylic acids is 1. The molecule has 0 bridgehead atoms. The molecule has 0 spiro atoms. The number of aldehydes is 1. The summed E-state index contributed by atoms with van der Waals surface area (Å²) in [5.74, 6) is -1.13. The third-order valence-electron chi connectivity index (χ3n) is 0.384. The molecular formula is C4H5NO4. The average Bonchev–Trinajstić information content (AvgIpc) is 1.80. The van der Waals surface area contributed by atoms with Crippen LogP contribution in [0.4, 0.5) is 0 Å². The minimum atomic E-state index is -1.13. The summed E-state index contributed by atoms with van der Waals surface area (Å²) in [6, 6.07) is 0. The molecule has 0 unspecified atom stereocenters. The van der Waals surface area contributed by atoms with Crippen LogP contribution in [0.3, 0.4) is 0 Å². The zero-order chi connectivity index (χ0) is 7.11. The van der Waals surface area contributed by atoms with Gasteiger partial charge in [0, 0.05) is 0 Å². The first-order chi connectivity index (χ1) is 4.27. The van der Waals surface area contributed by atoms with Gasteiger partial charge in [-0.05, 0) is 0 Å². The fraction of sp³-hybridized carbons (Fsp3) is 0.250. The maximum Gasteiger partial charge on any atom is 0.344 e. The van der Waals surface area contributed by atoms with Gasteiger partial charge in [-0.1, -0.05) is 5.16 Å². The lowest BCUT2D eigenvalue weighted by Crippen LogP contribution is -2.03. The van der Waals surface area contributed by atoms with Gasteiger partial charge in [-0.2, -0.15) is 0 Å². The van der Waals surface area contributed by atoms with E-state index in [2.05, 4.69) is 9.99 Å². The van der Waals surface area contributed by atoms with Gasteiger partial charge in [-0.25, -0.2) is 4.79 Å². The molecule has 50 valence electrons. The molecule has 1 N–H and O–H groups in total. The number of hydrogen-bond acceptors (Lipinski definition) is 4. The molecular weight excluding hydrogens is 126 g/mol. The fourth-order valence-electron chi connectivity index (χ4n) is 0.160. The van der Waals surface area contributed by atoms with Gasteiger partial charge in [-0.15, -0.1) is 0 Å². The molecule has 5 heteroatoms. The van der Waals surface area contributed by atoms with Crippen LogP contribution < -0.4 is 0 Å². The highest BCUT2D eigenvalue weighted by Gasteiger charge is 1.91. The summed E-state index contributed by atoms with van der Waals surface area (Å²) >= 11 is 0. The van der Waals surface area contributed by atoms with Crippen molar-refractivity contribution < 1.29 is 19.5 Å². The molecule has 9 heavy (non-hydrogen) atoms. The lowest BCUT2D eigenvalue weighted by molar-refractivity contribution is -0.142. The molecule has 0 heterocycles. The second-order valence-corrected chi connectivity index (χ2v) is 1.06. The molecule has 0 aliphatic carbocycles. The highest BCUT2D eigenvalue weighted by atomic mass is 16.6. The van der Waals surface area contributed by atoms with Gasteiger partial charge >= 0.3 is 5.97 Å². The van der Waals surface area contributed by atoms with Crippen LogP contribution in [0.2, 0.25) is 0 Å². The molecule has 0 amide bonds. The summed E-state index contributed by atoms with van der Waals surface area (Å²) < 4.78 is 0. The van der Waals surface area contributed by atoms with Gasteiger partial charge in [0.05, 0.1) is 0 Å². The predicted octanol–water partition coefficient (Wildman–Crippen LogP) is -0.728. The normalized spacial score (nSPS) is 9.33. The second kappa shape index (κ2) is 4.76. The van der Waals surface area contributed by atoms with E-state index in [0.29, 0.717) is 6.29 Å². The van der Waals surface area contributed by atoms with E-state index < -0.39 is 12.6 Å². The van der Waals surface area contributed by atoms with Crippen LogP contribution in [-0.4, -0.2) is 30.2 Å². The monoisotopic (exact) mass is 131 g/mol. The van der Waals surface area contributed by atoms with Crippen molar-refractivity contribution >= 4 is 18.5 Å². The van der Waals surface area contributed by atoms with Crippen LogP contribution in [0.1, 0.15) is 0 Å². The van der Waals surface area contributed by atoms with Crippen LogP contribution in [0, 0.1) is 0 Å². The van der Waals surface area contributed by atoms with Crippen molar-refractivity contribution in [1.29, 1.82) is 0 Å². The van der Waals surface area contributed by atoms with E-state index in [1.165, 1.54) is 0 Å². The minimum absolute atomic E-state index is 0.391. The number of carbonyl (C=O) groups excluding carboxylic acids is 1. The van der Waals surface area contributed by atoms with E-state index in [0.717, 1.165) is 6.21 Å². The van der Waals surface area contributed by atoms with E-state index in [9.17, 15) is 9.59 Å². The molecule has 0 aromatic heterocycles.